The zero-order valence-corrected chi connectivity index (χ0v) is 16.6. The van der Waals surface area contributed by atoms with Gasteiger partial charge >= 0.3 is 12.4 Å². The lowest BCUT2D eigenvalue weighted by Gasteiger charge is -2.08. The molecule has 4 nitrogen and oxygen atoms in total. The number of aliphatic imine (C=N–C) groups is 1. The first-order valence-corrected chi connectivity index (χ1v) is 9.67. The number of nitrogens with one attached hydrogen (secondary N) is 2. The number of hydrogen-bond acceptors (Lipinski definition) is 3. The van der Waals surface area contributed by atoms with Crippen molar-refractivity contribution in [1.82, 2.24) is 15.6 Å². The third-order valence-electron chi connectivity index (χ3n) is 3.55. The van der Waals surface area contributed by atoms with E-state index in [-0.39, 0.29) is 25.1 Å². The molecule has 0 atom stereocenters. The Labute approximate surface area is 173 Å². The summed E-state index contributed by atoms with van der Waals surface area (Å²) in [6.07, 6.45) is -8.65. The van der Waals surface area contributed by atoms with Gasteiger partial charge in [-0.15, -0.1) is 11.3 Å². The molecule has 1 aromatic heterocycles. The van der Waals surface area contributed by atoms with Gasteiger partial charge in [-0.2, -0.15) is 26.3 Å². The van der Waals surface area contributed by atoms with Crippen molar-refractivity contribution in [2.24, 2.45) is 4.99 Å². The maximum absolute atomic E-state index is 12.7. The molecule has 0 spiro atoms. The van der Waals surface area contributed by atoms with E-state index in [1.54, 1.807) is 0 Å². The second kappa shape index (κ2) is 10.3. The summed E-state index contributed by atoms with van der Waals surface area (Å²) in [6, 6.07) is 4.70. The molecule has 0 saturated carbocycles. The lowest BCUT2D eigenvalue weighted by Crippen LogP contribution is -2.37. The molecule has 1 heterocycles. The smallest absolute Gasteiger partial charge is 0.357 e. The monoisotopic (exact) mass is 448 g/mol. The molecular weight excluding hydrogens is 430 g/mol. The van der Waals surface area contributed by atoms with Gasteiger partial charge in [0.1, 0.15) is 0 Å². The molecule has 11 heteroatoms. The number of benzene rings is 1. The Balaban J connectivity index is 1.90. The van der Waals surface area contributed by atoms with Crippen LogP contribution in [-0.2, 0) is 18.8 Å². The largest absolute Gasteiger partial charge is 0.434 e. The van der Waals surface area contributed by atoms with Gasteiger partial charge in [-0.05, 0) is 25.1 Å². The van der Waals surface area contributed by atoms with Crippen molar-refractivity contribution in [2.45, 2.75) is 25.7 Å². The van der Waals surface area contributed by atoms with E-state index in [0.717, 1.165) is 28.8 Å². The van der Waals surface area contributed by atoms with Crippen LogP contribution in [0.2, 0.25) is 0 Å². The molecule has 0 bridgehead atoms. The number of rotatable bonds is 5. The van der Waals surface area contributed by atoms with Crippen LogP contribution < -0.4 is 10.6 Å². The van der Waals surface area contributed by atoms with Gasteiger partial charge in [-0.25, -0.2) is 4.98 Å². The highest BCUT2D eigenvalue weighted by Gasteiger charge is 2.33. The van der Waals surface area contributed by atoms with Crippen LogP contribution in [0.25, 0.3) is 0 Å². The molecule has 162 valence electrons. The Morgan fingerprint density at radius 1 is 1.13 bits per heavy atom. The fraction of sp³-hybridized carbons (Fsp3) is 0.368. The van der Waals surface area contributed by atoms with E-state index in [2.05, 4.69) is 32.5 Å². The zero-order chi connectivity index (χ0) is 22.2. The highest BCUT2D eigenvalue weighted by Crippen LogP contribution is 2.30. The van der Waals surface area contributed by atoms with Gasteiger partial charge in [0, 0.05) is 30.5 Å². The SMILES string of the molecule is CCNC(=NCCc1nc(C(F)(F)F)cs1)NCC#Cc1cccc(C(F)(F)F)c1. The summed E-state index contributed by atoms with van der Waals surface area (Å²) in [7, 11) is 0. The molecule has 0 radical (unpaired) electrons. The van der Waals surface area contributed by atoms with Crippen molar-refractivity contribution < 1.29 is 26.3 Å². The van der Waals surface area contributed by atoms with Crippen LogP contribution in [0.15, 0.2) is 34.6 Å². The summed E-state index contributed by atoms with van der Waals surface area (Å²) in [6.45, 7) is 2.71. The lowest BCUT2D eigenvalue weighted by atomic mass is 10.1. The molecule has 0 aliphatic carbocycles. The fourth-order valence-electron chi connectivity index (χ4n) is 2.21. The first-order valence-electron chi connectivity index (χ1n) is 8.79. The first-order chi connectivity index (χ1) is 14.1. The standard InChI is InChI=1S/C19H18F6N4S/c1-2-26-17(28-10-8-16-29-15(12-30-16)19(23,24)25)27-9-4-6-13-5-3-7-14(11-13)18(20,21)22/h3,5,7,11-12H,2,8-10H2,1H3,(H2,26,27,28). The molecule has 0 saturated heterocycles. The van der Waals surface area contributed by atoms with Crippen molar-refractivity contribution in [2.75, 3.05) is 19.6 Å². The molecule has 0 unspecified atom stereocenters. The van der Waals surface area contributed by atoms with Crippen LogP contribution in [0.4, 0.5) is 26.3 Å². The average Bonchev–Trinajstić information content (AvgIpc) is 3.14. The van der Waals surface area contributed by atoms with E-state index in [1.165, 1.54) is 12.1 Å². The van der Waals surface area contributed by atoms with Gasteiger partial charge in [-0.1, -0.05) is 17.9 Å². The summed E-state index contributed by atoms with van der Waals surface area (Å²) in [5.74, 6) is 5.75. The van der Waals surface area contributed by atoms with E-state index >= 15 is 0 Å². The van der Waals surface area contributed by atoms with Crippen molar-refractivity contribution in [3.05, 3.63) is 51.5 Å². The van der Waals surface area contributed by atoms with Gasteiger partial charge < -0.3 is 10.6 Å². The minimum absolute atomic E-state index is 0.123. The van der Waals surface area contributed by atoms with Crippen LogP contribution in [0.3, 0.4) is 0 Å². The van der Waals surface area contributed by atoms with Crippen molar-refractivity contribution in [3.63, 3.8) is 0 Å². The predicted octanol–water partition coefficient (Wildman–Crippen LogP) is 4.33. The number of hydrogen-bond donors (Lipinski definition) is 2. The second-order valence-corrected chi connectivity index (χ2v) is 6.81. The van der Waals surface area contributed by atoms with Gasteiger partial charge in [0.15, 0.2) is 11.7 Å². The van der Waals surface area contributed by atoms with Crippen molar-refractivity contribution in [1.29, 1.82) is 0 Å². The Kier molecular flexibility index (Phi) is 8.11. The maximum Gasteiger partial charge on any atom is 0.434 e. The topological polar surface area (TPSA) is 49.3 Å². The third kappa shape index (κ3) is 7.59. The first kappa shape index (κ1) is 23.5. The Hall–Kier alpha value is -2.74. The summed E-state index contributed by atoms with van der Waals surface area (Å²) < 4.78 is 75.8. The highest BCUT2D eigenvalue weighted by atomic mass is 32.1. The van der Waals surface area contributed by atoms with Crippen LogP contribution in [0.5, 0.6) is 0 Å². The highest BCUT2D eigenvalue weighted by molar-refractivity contribution is 7.09. The van der Waals surface area contributed by atoms with Crippen LogP contribution in [-0.4, -0.2) is 30.6 Å². The molecule has 2 N–H and O–H groups in total. The minimum Gasteiger partial charge on any atom is -0.357 e. The summed E-state index contributed by atoms with van der Waals surface area (Å²) >= 11 is 0.920. The number of guanidine groups is 1. The van der Waals surface area contributed by atoms with Gasteiger partial charge in [0.25, 0.3) is 0 Å². The molecule has 0 amide bonds. The number of halogens is 6. The molecule has 0 aliphatic heterocycles. The van der Waals surface area contributed by atoms with Gasteiger partial charge in [-0.3, -0.25) is 4.99 Å². The summed E-state index contributed by atoms with van der Waals surface area (Å²) in [5, 5.41) is 7.14. The summed E-state index contributed by atoms with van der Waals surface area (Å²) in [4.78, 5) is 7.77. The molecule has 1 aromatic carbocycles. The zero-order valence-electron chi connectivity index (χ0n) is 15.8. The molecule has 2 aromatic rings. The number of aromatic nitrogens is 1. The molecule has 30 heavy (non-hydrogen) atoms. The Bertz CT molecular complexity index is 921. The van der Waals surface area contributed by atoms with E-state index < -0.39 is 23.6 Å². The maximum atomic E-state index is 12.7. The Morgan fingerprint density at radius 2 is 1.90 bits per heavy atom. The lowest BCUT2D eigenvalue weighted by molar-refractivity contribution is -0.141. The number of alkyl halides is 6. The molecule has 0 aliphatic rings. The molecular formula is C19H18F6N4S. The van der Waals surface area contributed by atoms with Gasteiger partial charge in [0.2, 0.25) is 0 Å². The summed E-state index contributed by atoms with van der Waals surface area (Å²) in [5.41, 5.74) is -1.45. The van der Waals surface area contributed by atoms with Crippen molar-refractivity contribution in [3.8, 4) is 11.8 Å². The van der Waals surface area contributed by atoms with Crippen LogP contribution in [0.1, 0.15) is 28.8 Å². The van der Waals surface area contributed by atoms with Crippen LogP contribution in [0, 0.1) is 11.8 Å². The number of thiazole rings is 1. The predicted molar refractivity (Wildman–Crippen MR) is 103 cm³/mol. The van der Waals surface area contributed by atoms with Gasteiger partial charge in [0.05, 0.1) is 17.1 Å². The fourth-order valence-corrected chi connectivity index (χ4v) is 3.00. The van der Waals surface area contributed by atoms with E-state index in [4.69, 9.17) is 0 Å². The third-order valence-corrected chi connectivity index (χ3v) is 4.46. The second-order valence-electron chi connectivity index (χ2n) is 5.87. The van der Waals surface area contributed by atoms with E-state index in [0.29, 0.717) is 17.5 Å². The quantitative estimate of drug-likeness (QED) is 0.310. The van der Waals surface area contributed by atoms with Crippen molar-refractivity contribution >= 4 is 17.3 Å². The van der Waals surface area contributed by atoms with Crippen LogP contribution >= 0.6 is 11.3 Å². The normalized spacial score (nSPS) is 12.3. The van der Waals surface area contributed by atoms with E-state index in [1.807, 2.05) is 6.92 Å². The molecule has 2 rings (SSSR count). The minimum atomic E-state index is -4.47. The van der Waals surface area contributed by atoms with E-state index in [9.17, 15) is 26.3 Å². The Morgan fingerprint density at radius 3 is 2.53 bits per heavy atom. The average molecular weight is 448 g/mol. The molecule has 0 fully saturated rings. The number of nitrogens with zero attached hydrogens (tertiary/aromatic N) is 2.